The molecule has 0 aliphatic carbocycles. The van der Waals surface area contributed by atoms with Crippen LogP contribution in [0.1, 0.15) is 23.0 Å². The van der Waals surface area contributed by atoms with E-state index in [-0.39, 0.29) is 10.3 Å². The summed E-state index contributed by atoms with van der Waals surface area (Å²) >= 11 is 4.88. The lowest BCUT2D eigenvalue weighted by Crippen LogP contribution is -2.20. The van der Waals surface area contributed by atoms with Gasteiger partial charge in [0, 0.05) is 0 Å². The van der Waals surface area contributed by atoms with Gasteiger partial charge in [0.25, 0.3) is 5.91 Å². The summed E-state index contributed by atoms with van der Waals surface area (Å²) < 4.78 is 0.250. The van der Waals surface area contributed by atoms with Gasteiger partial charge in [0.1, 0.15) is 0 Å². The molecule has 2 aromatic rings. The maximum Gasteiger partial charge on any atom is 0.294 e. The van der Waals surface area contributed by atoms with Crippen molar-refractivity contribution in [1.82, 2.24) is 20.8 Å². The van der Waals surface area contributed by atoms with Crippen molar-refractivity contribution in [1.29, 1.82) is 0 Å². The number of benzene rings is 1. The number of aromatic amines is 2. The zero-order chi connectivity index (χ0) is 13.0. The molecule has 0 spiro atoms. The lowest BCUT2D eigenvalue weighted by molar-refractivity contribution is 0.0949. The third-order valence-corrected chi connectivity index (χ3v) is 2.58. The summed E-state index contributed by atoms with van der Waals surface area (Å²) in [5, 5.41) is 12.6. The quantitative estimate of drug-likeness (QED) is 0.446. The van der Waals surface area contributed by atoms with E-state index in [1.165, 1.54) is 0 Å². The van der Waals surface area contributed by atoms with E-state index in [0.717, 1.165) is 5.56 Å². The molecule has 0 atom stereocenters. The Kier molecular flexibility index (Phi) is 3.63. The monoisotopic (exact) mass is 261 g/mol. The van der Waals surface area contributed by atoms with Crippen molar-refractivity contribution in [3.05, 3.63) is 46.2 Å². The van der Waals surface area contributed by atoms with Crippen LogP contribution in [0.4, 0.5) is 0 Å². The van der Waals surface area contributed by atoms with E-state index in [2.05, 4.69) is 25.9 Å². The van der Waals surface area contributed by atoms with Crippen LogP contribution in [0.3, 0.4) is 0 Å². The van der Waals surface area contributed by atoms with E-state index in [9.17, 15) is 4.79 Å². The molecule has 0 fully saturated rings. The molecular weight excluding hydrogens is 250 g/mol. The summed E-state index contributed by atoms with van der Waals surface area (Å²) in [6, 6.07) is 9.54. The Morgan fingerprint density at radius 1 is 1.39 bits per heavy atom. The highest BCUT2D eigenvalue weighted by atomic mass is 32.1. The first kappa shape index (κ1) is 12.2. The summed E-state index contributed by atoms with van der Waals surface area (Å²) in [5.41, 5.74) is 4.16. The van der Waals surface area contributed by atoms with Crippen LogP contribution >= 0.6 is 12.2 Å². The third-order valence-electron chi connectivity index (χ3n) is 2.28. The Balaban J connectivity index is 2.10. The van der Waals surface area contributed by atoms with Crippen molar-refractivity contribution < 1.29 is 4.79 Å². The number of H-pyrrole nitrogens is 2. The molecule has 7 heteroatoms. The molecule has 3 N–H and O–H groups in total. The smallest absolute Gasteiger partial charge is 0.272 e. The van der Waals surface area contributed by atoms with E-state index in [0.29, 0.717) is 5.71 Å². The van der Waals surface area contributed by atoms with Gasteiger partial charge >= 0.3 is 0 Å². The maximum atomic E-state index is 11.7. The average molecular weight is 261 g/mol. The van der Waals surface area contributed by atoms with Gasteiger partial charge in [-0.15, -0.1) is 0 Å². The van der Waals surface area contributed by atoms with Crippen molar-refractivity contribution >= 4 is 23.8 Å². The van der Waals surface area contributed by atoms with Gasteiger partial charge < -0.3 is 0 Å². The molecule has 0 aliphatic rings. The molecule has 1 aromatic carbocycles. The van der Waals surface area contributed by atoms with Crippen molar-refractivity contribution in [3.63, 3.8) is 0 Å². The molecule has 2 rings (SSSR count). The molecule has 1 amide bonds. The second-order valence-electron chi connectivity index (χ2n) is 3.53. The number of amides is 1. The Morgan fingerprint density at radius 3 is 2.72 bits per heavy atom. The predicted octanol–water partition coefficient (Wildman–Crippen LogP) is 1.62. The first-order valence-electron chi connectivity index (χ1n) is 5.21. The lowest BCUT2D eigenvalue weighted by atomic mass is 10.1. The largest absolute Gasteiger partial charge is 0.294 e. The molecule has 1 heterocycles. The van der Waals surface area contributed by atoms with Crippen LogP contribution in [0.5, 0.6) is 0 Å². The predicted molar refractivity (Wildman–Crippen MR) is 69.9 cm³/mol. The summed E-state index contributed by atoms with van der Waals surface area (Å²) in [6.07, 6.45) is 0. The van der Waals surface area contributed by atoms with E-state index in [1.807, 2.05) is 30.3 Å². The normalized spacial score (nSPS) is 11.3. The molecule has 1 aromatic heterocycles. The minimum Gasteiger partial charge on any atom is -0.272 e. The van der Waals surface area contributed by atoms with Gasteiger partial charge in [-0.25, -0.2) is 10.6 Å². The topological polar surface area (TPSA) is 85.9 Å². The standard InChI is InChI=1S/C11H11N5OS/c1-7(8-5-3-2-4-6-8)12-14-10(17)9-11(18)15-16-13-9/h2-6H,1H3,(H,14,17)(H2,13,15,16,18). The summed E-state index contributed by atoms with van der Waals surface area (Å²) in [4.78, 5) is 11.7. The minimum absolute atomic E-state index is 0.120. The molecule has 0 saturated carbocycles. The van der Waals surface area contributed by atoms with Crippen LogP contribution in [0.15, 0.2) is 35.4 Å². The molecule has 0 aliphatic heterocycles. The fraction of sp³-hybridized carbons (Fsp3) is 0.0909. The minimum atomic E-state index is -0.451. The number of hydrogen-bond donors (Lipinski definition) is 3. The number of carbonyl (C=O) groups is 1. The van der Waals surface area contributed by atoms with E-state index < -0.39 is 5.91 Å². The van der Waals surface area contributed by atoms with Crippen LogP contribution in [-0.2, 0) is 0 Å². The molecule has 0 saturated heterocycles. The highest BCUT2D eigenvalue weighted by Gasteiger charge is 2.09. The van der Waals surface area contributed by atoms with Crippen molar-refractivity contribution in [2.45, 2.75) is 6.92 Å². The zero-order valence-electron chi connectivity index (χ0n) is 9.60. The Morgan fingerprint density at radius 2 is 2.11 bits per heavy atom. The Bertz CT molecular complexity index is 628. The second kappa shape index (κ2) is 5.37. The van der Waals surface area contributed by atoms with Gasteiger partial charge in [0.15, 0.2) is 10.3 Å². The van der Waals surface area contributed by atoms with Crippen molar-refractivity contribution in [2.24, 2.45) is 5.10 Å². The zero-order valence-corrected chi connectivity index (χ0v) is 10.4. The molecule has 6 nitrogen and oxygen atoms in total. The van der Waals surface area contributed by atoms with Crippen LogP contribution < -0.4 is 5.43 Å². The highest BCUT2D eigenvalue weighted by molar-refractivity contribution is 7.71. The average Bonchev–Trinajstić information content (AvgIpc) is 2.83. The van der Waals surface area contributed by atoms with Crippen LogP contribution in [-0.4, -0.2) is 27.0 Å². The van der Waals surface area contributed by atoms with Crippen molar-refractivity contribution in [2.75, 3.05) is 0 Å². The Hall–Kier alpha value is -2.28. The summed E-state index contributed by atoms with van der Waals surface area (Å²) in [6.45, 7) is 1.81. The van der Waals surface area contributed by atoms with Crippen LogP contribution in [0.25, 0.3) is 0 Å². The molecule has 0 radical (unpaired) electrons. The SMILES string of the molecule is CC(=NNC(=O)c1n[nH][nH]c1=S)c1ccccc1. The number of rotatable bonds is 3. The van der Waals surface area contributed by atoms with Gasteiger partial charge in [0.05, 0.1) is 5.71 Å². The second-order valence-corrected chi connectivity index (χ2v) is 3.94. The highest BCUT2D eigenvalue weighted by Crippen LogP contribution is 2.00. The van der Waals surface area contributed by atoms with Crippen molar-refractivity contribution in [3.8, 4) is 0 Å². The molecule has 0 unspecified atom stereocenters. The van der Waals surface area contributed by atoms with Gasteiger partial charge in [-0.2, -0.15) is 10.2 Å². The molecule has 92 valence electrons. The number of carbonyl (C=O) groups excluding carboxylic acids is 1. The van der Waals surface area contributed by atoms with Gasteiger partial charge in [0.2, 0.25) is 0 Å². The molecule has 18 heavy (non-hydrogen) atoms. The maximum absolute atomic E-state index is 11.7. The van der Waals surface area contributed by atoms with E-state index in [4.69, 9.17) is 12.2 Å². The van der Waals surface area contributed by atoms with Crippen LogP contribution in [0.2, 0.25) is 0 Å². The summed E-state index contributed by atoms with van der Waals surface area (Å²) in [5.74, 6) is -0.451. The summed E-state index contributed by atoms with van der Waals surface area (Å²) in [7, 11) is 0. The van der Waals surface area contributed by atoms with Gasteiger partial charge in [-0.1, -0.05) is 42.5 Å². The Labute approximate surface area is 108 Å². The molecule has 0 bridgehead atoms. The molecular formula is C11H11N5OS. The fourth-order valence-corrected chi connectivity index (χ4v) is 1.51. The first-order chi connectivity index (χ1) is 8.68. The van der Waals surface area contributed by atoms with E-state index >= 15 is 0 Å². The van der Waals surface area contributed by atoms with E-state index in [1.54, 1.807) is 6.92 Å². The fourth-order valence-electron chi connectivity index (χ4n) is 1.33. The van der Waals surface area contributed by atoms with Crippen LogP contribution in [0, 0.1) is 4.64 Å². The van der Waals surface area contributed by atoms with Gasteiger partial charge in [-0.3, -0.25) is 9.89 Å². The lowest BCUT2D eigenvalue weighted by Gasteiger charge is -2.00. The number of hydrazone groups is 1. The van der Waals surface area contributed by atoms with Gasteiger partial charge in [-0.05, 0) is 12.5 Å². The first-order valence-corrected chi connectivity index (χ1v) is 5.62. The third kappa shape index (κ3) is 2.69. The number of aromatic nitrogens is 3. The number of hydrogen-bond acceptors (Lipinski definition) is 4. The number of nitrogens with zero attached hydrogens (tertiary/aromatic N) is 2. The number of nitrogens with one attached hydrogen (secondary N) is 3.